The first-order chi connectivity index (χ1) is 12.4. The van der Waals surface area contributed by atoms with E-state index in [1.165, 1.54) is 0 Å². The summed E-state index contributed by atoms with van der Waals surface area (Å²) >= 11 is 0. The Kier molecular flexibility index (Phi) is 5.48. The molecule has 26 heavy (non-hydrogen) atoms. The van der Waals surface area contributed by atoms with Crippen molar-refractivity contribution in [2.45, 2.75) is 13.1 Å². The molecule has 3 aromatic rings. The third-order valence-electron chi connectivity index (χ3n) is 3.52. The molecule has 0 aliphatic heterocycles. The van der Waals surface area contributed by atoms with Crippen molar-refractivity contribution in [3.63, 3.8) is 0 Å². The summed E-state index contributed by atoms with van der Waals surface area (Å²) in [6.07, 6.45) is 0.938. The van der Waals surface area contributed by atoms with Gasteiger partial charge in [-0.3, -0.25) is 4.57 Å². The summed E-state index contributed by atoms with van der Waals surface area (Å²) in [7, 11) is -4.18. The van der Waals surface area contributed by atoms with E-state index in [0.29, 0.717) is 30.1 Å². The van der Waals surface area contributed by atoms with E-state index in [-0.39, 0.29) is 12.6 Å². The van der Waals surface area contributed by atoms with Gasteiger partial charge in [0.05, 0.1) is 12.9 Å². The van der Waals surface area contributed by atoms with Crippen molar-refractivity contribution in [2.75, 3.05) is 24.0 Å². The third-order valence-corrected chi connectivity index (χ3v) is 4.04. The molecule has 0 aliphatic rings. The SMILES string of the molecule is Nc1nc(NCc2ccccc2)c2ncn(CCOCP(=O)(O)O)c2n1. The molecule has 0 atom stereocenters. The van der Waals surface area contributed by atoms with Crippen molar-refractivity contribution in [3.05, 3.63) is 42.2 Å². The average Bonchev–Trinajstić information content (AvgIpc) is 2.99. The number of fused-ring (bicyclic) bond motifs is 1. The number of aromatic nitrogens is 4. The van der Waals surface area contributed by atoms with Crippen LogP contribution in [0, 0.1) is 0 Å². The smallest absolute Gasteiger partial charge is 0.350 e. The van der Waals surface area contributed by atoms with Crippen molar-refractivity contribution in [3.8, 4) is 0 Å². The van der Waals surface area contributed by atoms with Crippen molar-refractivity contribution in [2.24, 2.45) is 0 Å². The van der Waals surface area contributed by atoms with Gasteiger partial charge >= 0.3 is 7.60 Å². The van der Waals surface area contributed by atoms with Gasteiger partial charge in [0, 0.05) is 13.1 Å². The van der Waals surface area contributed by atoms with E-state index in [2.05, 4.69) is 20.3 Å². The standard InChI is InChI=1S/C15H19N6O4P/c16-15-19-13(17-8-11-4-2-1-3-5-11)12-14(20-15)21(9-18-12)6-7-25-10-26(22,23)24/h1-5,9H,6-8,10H2,(H2,22,23,24)(H3,16,17,19,20). The fraction of sp³-hybridized carbons (Fsp3) is 0.267. The van der Waals surface area contributed by atoms with Crippen LogP contribution in [0.3, 0.4) is 0 Å². The minimum Gasteiger partial charge on any atom is -0.368 e. The van der Waals surface area contributed by atoms with Crippen molar-refractivity contribution >= 4 is 30.5 Å². The summed E-state index contributed by atoms with van der Waals surface area (Å²) in [5, 5.41) is 3.20. The van der Waals surface area contributed by atoms with Crippen LogP contribution in [0.1, 0.15) is 5.56 Å². The number of benzene rings is 1. The monoisotopic (exact) mass is 378 g/mol. The molecular formula is C15H19N6O4P. The van der Waals surface area contributed by atoms with Gasteiger partial charge < -0.3 is 30.1 Å². The van der Waals surface area contributed by atoms with Gasteiger partial charge in [-0.1, -0.05) is 30.3 Å². The average molecular weight is 378 g/mol. The first-order valence-electron chi connectivity index (χ1n) is 7.81. The first kappa shape index (κ1) is 18.3. The predicted molar refractivity (Wildman–Crippen MR) is 96.4 cm³/mol. The van der Waals surface area contributed by atoms with Crippen LogP contribution < -0.4 is 11.1 Å². The van der Waals surface area contributed by atoms with Crippen LogP contribution >= 0.6 is 7.60 Å². The van der Waals surface area contributed by atoms with E-state index in [0.717, 1.165) is 5.56 Å². The van der Waals surface area contributed by atoms with Crippen LogP contribution in [0.25, 0.3) is 11.2 Å². The number of nitrogens with one attached hydrogen (secondary N) is 1. The van der Waals surface area contributed by atoms with Crippen molar-refractivity contribution in [1.82, 2.24) is 19.5 Å². The predicted octanol–water partition coefficient (Wildman–Crippen LogP) is 1.17. The molecule has 0 bridgehead atoms. The molecular weight excluding hydrogens is 359 g/mol. The lowest BCUT2D eigenvalue weighted by Gasteiger charge is -2.09. The number of imidazole rings is 1. The van der Waals surface area contributed by atoms with E-state index in [1.54, 1.807) is 10.9 Å². The maximum Gasteiger partial charge on any atom is 0.350 e. The van der Waals surface area contributed by atoms with Gasteiger partial charge in [0.25, 0.3) is 0 Å². The molecule has 3 rings (SSSR count). The molecule has 138 valence electrons. The highest BCUT2D eigenvalue weighted by Crippen LogP contribution is 2.33. The molecule has 0 aliphatic carbocycles. The van der Waals surface area contributed by atoms with Gasteiger partial charge in [-0.05, 0) is 5.56 Å². The van der Waals surface area contributed by atoms with Crippen LogP contribution in [0.4, 0.5) is 11.8 Å². The maximum atomic E-state index is 10.8. The zero-order valence-corrected chi connectivity index (χ0v) is 14.7. The second-order valence-electron chi connectivity index (χ2n) is 5.58. The fourth-order valence-corrected chi connectivity index (χ4v) is 2.74. The Balaban J connectivity index is 1.72. The van der Waals surface area contributed by atoms with Gasteiger partial charge in [-0.15, -0.1) is 0 Å². The largest absolute Gasteiger partial charge is 0.368 e. The van der Waals surface area contributed by atoms with Gasteiger partial charge in [0.1, 0.15) is 6.35 Å². The van der Waals surface area contributed by atoms with Crippen LogP contribution in [0.5, 0.6) is 0 Å². The number of rotatable bonds is 8. The van der Waals surface area contributed by atoms with Crippen molar-refractivity contribution < 1.29 is 19.1 Å². The lowest BCUT2D eigenvalue weighted by Crippen LogP contribution is -2.09. The van der Waals surface area contributed by atoms with E-state index < -0.39 is 13.9 Å². The normalized spacial score (nSPS) is 11.8. The fourth-order valence-electron chi connectivity index (χ4n) is 2.38. The summed E-state index contributed by atoms with van der Waals surface area (Å²) in [5.41, 5.74) is 7.96. The summed E-state index contributed by atoms with van der Waals surface area (Å²) in [6.45, 7) is 0.989. The molecule has 0 radical (unpaired) electrons. The van der Waals surface area contributed by atoms with E-state index >= 15 is 0 Å². The number of anilines is 2. The second kappa shape index (κ2) is 7.79. The zero-order valence-electron chi connectivity index (χ0n) is 13.8. The lowest BCUT2D eigenvalue weighted by molar-refractivity contribution is 0.149. The highest BCUT2D eigenvalue weighted by atomic mass is 31.2. The number of hydrogen-bond acceptors (Lipinski definition) is 7. The van der Waals surface area contributed by atoms with Crippen molar-refractivity contribution in [1.29, 1.82) is 0 Å². The number of hydrogen-bond donors (Lipinski definition) is 4. The minimum absolute atomic E-state index is 0.103. The molecule has 1 aromatic carbocycles. The highest BCUT2D eigenvalue weighted by molar-refractivity contribution is 7.51. The van der Waals surface area contributed by atoms with Gasteiger partial charge in [-0.2, -0.15) is 9.97 Å². The van der Waals surface area contributed by atoms with E-state index in [1.807, 2.05) is 30.3 Å². The number of nitrogens with zero attached hydrogens (tertiary/aromatic N) is 4. The Morgan fingerprint density at radius 2 is 2.00 bits per heavy atom. The number of nitrogens with two attached hydrogens (primary N) is 1. The quantitative estimate of drug-likeness (QED) is 0.335. The number of ether oxygens (including phenoxy) is 1. The highest BCUT2D eigenvalue weighted by Gasteiger charge is 2.14. The molecule has 11 heteroatoms. The molecule has 0 saturated heterocycles. The zero-order chi connectivity index (χ0) is 18.6. The van der Waals surface area contributed by atoms with Crippen LogP contribution in [-0.2, 0) is 22.4 Å². The summed E-state index contributed by atoms with van der Waals surface area (Å²) in [5.74, 6) is 0.622. The third kappa shape index (κ3) is 4.77. The Hall–Kier alpha value is -2.52. The molecule has 0 amide bonds. The second-order valence-corrected chi connectivity index (χ2v) is 7.17. The molecule has 10 nitrogen and oxygen atoms in total. The first-order valence-corrected chi connectivity index (χ1v) is 9.60. The van der Waals surface area contributed by atoms with Crippen LogP contribution in [0.2, 0.25) is 0 Å². The topological polar surface area (TPSA) is 148 Å². The van der Waals surface area contributed by atoms with E-state index in [4.69, 9.17) is 20.3 Å². The molecule has 0 fully saturated rings. The molecule has 0 saturated carbocycles. The molecule has 0 spiro atoms. The lowest BCUT2D eigenvalue weighted by atomic mass is 10.2. The molecule has 5 N–H and O–H groups in total. The molecule has 0 unspecified atom stereocenters. The summed E-state index contributed by atoms with van der Waals surface area (Å²) in [6, 6.07) is 9.83. The Labute approximate surface area is 149 Å². The Morgan fingerprint density at radius 1 is 1.23 bits per heavy atom. The summed E-state index contributed by atoms with van der Waals surface area (Å²) < 4.78 is 17.5. The van der Waals surface area contributed by atoms with Crippen LogP contribution in [-0.4, -0.2) is 42.3 Å². The molecule has 2 heterocycles. The Morgan fingerprint density at radius 3 is 2.73 bits per heavy atom. The summed E-state index contributed by atoms with van der Waals surface area (Å²) in [4.78, 5) is 30.3. The van der Waals surface area contributed by atoms with Crippen LogP contribution in [0.15, 0.2) is 36.7 Å². The number of nitrogen functional groups attached to an aromatic ring is 1. The van der Waals surface area contributed by atoms with Gasteiger partial charge in [0.15, 0.2) is 17.0 Å². The Bertz CT molecular complexity index is 927. The van der Waals surface area contributed by atoms with Gasteiger partial charge in [0.2, 0.25) is 5.95 Å². The van der Waals surface area contributed by atoms with E-state index in [9.17, 15) is 4.57 Å². The molecule has 2 aromatic heterocycles. The maximum absolute atomic E-state index is 10.8. The van der Waals surface area contributed by atoms with Gasteiger partial charge in [-0.25, -0.2) is 4.98 Å². The minimum atomic E-state index is -4.18.